The number of nitrogens with two attached hydrogens (primary N) is 1. The molecule has 0 spiro atoms. The maximum Gasteiger partial charge on any atom is 0.153 e. The first-order valence-corrected chi connectivity index (χ1v) is 7.02. The highest BCUT2D eigenvalue weighted by atomic mass is 32.2. The number of hydrogen-bond acceptors (Lipinski definition) is 4. The first-order valence-electron chi connectivity index (χ1n) is 5.19. The van der Waals surface area contributed by atoms with Crippen LogP contribution < -0.4 is 10.5 Å². The Morgan fingerprint density at radius 2 is 1.88 bits per heavy atom. The van der Waals surface area contributed by atoms with E-state index in [1.54, 1.807) is 19.1 Å². The van der Waals surface area contributed by atoms with E-state index >= 15 is 0 Å². The van der Waals surface area contributed by atoms with Crippen molar-refractivity contribution in [2.24, 2.45) is 5.73 Å². The predicted molar refractivity (Wildman–Crippen MR) is 64.2 cm³/mol. The van der Waals surface area contributed by atoms with Gasteiger partial charge in [-0.15, -0.1) is 0 Å². The van der Waals surface area contributed by atoms with Gasteiger partial charge in [0, 0.05) is 12.3 Å². The van der Waals surface area contributed by atoms with Gasteiger partial charge < -0.3 is 10.5 Å². The van der Waals surface area contributed by atoms with Crippen molar-refractivity contribution in [2.75, 3.05) is 18.1 Å². The van der Waals surface area contributed by atoms with Gasteiger partial charge >= 0.3 is 0 Å². The van der Waals surface area contributed by atoms with Gasteiger partial charge in [-0.25, -0.2) is 8.42 Å². The molecule has 90 valence electrons. The molecule has 16 heavy (non-hydrogen) atoms. The Balaban J connectivity index is 2.43. The van der Waals surface area contributed by atoms with Gasteiger partial charge in [0.25, 0.3) is 0 Å². The molecule has 0 aliphatic heterocycles. The summed E-state index contributed by atoms with van der Waals surface area (Å²) in [5.74, 6) is 0.883. The molecule has 0 aliphatic rings. The van der Waals surface area contributed by atoms with Crippen molar-refractivity contribution in [1.82, 2.24) is 0 Å². The van der Waals surface area contributed by atoms with Crippen LogP contribution in [0.2, 0.25) is 0 Å². The predicted octanol–water partition coefficient (Wildman–Crippen LogP) is 0.959. The summed E-state index contributed by atoms with van der Waals surface area (Å²) in [6.45, 7) is 2.31. The first kappa shape index (κ1) is 13.0. The Kier molecular flexibility index (Phi) is 4.76. The highest BCUT2D eigenvalue weighted by molar-refractivity contribution is 7.91. The summed E-state index contributed by atoms with van der Waals surface area (Å²) in [5.41, 5.74) is 6.48. The van der Waals surface area contributed by atoms with Crippen LogP contribution in [-0.2, 0) is 16.4 Å². The maximum absolute atomic E-state index is 11.2. The largest absolute Gasteiger partial charge is 0.493 e. The van der Waals surface area contributed by atoms with Crippen molar-refractivity contribution in [3.05, 3.63) is 29.8 Å². The fourth-order valence-corrected chi connectivity index (χ4v) is 1.78. The van der Waals surface area contributed by atoms with Crippen LogP contribution in [-0.4, -0.2) is 26.5 Å². The van der Waals surface area contributed by atoms with Crippen LogP contribution in [0.4, 0.5) is 0 Å². The Bertz CT molecular complexity index is 411. The molecule has 1 aromatic carbocycles. The summed E-state index contributed by atoms with van der Waals surface area (Å²) in [6.07, 6.45) is 0. The van der Waals surface area contributed by atoms with Crippen LogP contribution in [0.1, 0.15) is 12.5 Å². The molecule has 0 atom stereocenters. The maximum atomic E-state index is 11.2. The summed E-state index contributed by atoms with van der Waals surface area (Å²) in [6, 6.07) is 7.31. The minimum Gasteiger partial charge on any atom is -0.493 e. The number of benzene rings is 1. The van der Waals surface area contributed by atoms with Gasteiger partial charge in [0.1, 0.15) is 12.4 Å². The molecule has 5 heteroatoms. The molecule has 0 aliphatic carbocycles. The Morgan fingerprint density at radius 1 is 1.25 bits per heavy atom. The zero-order valence-electron chi connectivity index (χ0n) is 9.35. The van der Waals surface area contributed by atoms with Gasteiger partial charge in [-0.05, 0) is 17.7 Å². The topological polar surface area (TPSA) is 69.4 Å². The van der Waals surface area contributed by atoms with Crippen LogP contribution >= 0.6 is 0 Å². The van der Waals surface area contributed by atoms with E-state index in [0.29, 0.717) is 12.3 Å². The number of rotatable bonds is 6. The Labute approximate surface area is 96.3 Å². The van der Waals surface area contributed by atoms with Gasteiger partial charge in [0.05, 0.1) is 5.75 Å². The van der Waals surface area contributed by atoms with E-state index in [-0.39, 0.29) is 18.1 Å². The van der Waals surface area contributed by atoms with E-state index in [9.17, 15) is 8.42 Å². The van der Waals surface area contributed by atoms with E-state index in [4.69, 9.17) is 10.5 Å². The van der Waals surface area contributed by atoms with Crippen LogP contribution in [0, 0.1) is 0 Å². The summed E-state index contributed by atoms with van der Waals surface area (Å²) in [4.78, 5) is 0. The van der Waals surface area contributed by atoms with Crippen molar-refractivity contribution in [3.63, 3.8) is 0 Å². The van der Waals surface area contributed by atoms with Crippen molar-refractivity contribution in [2.45, 2.75) is 13.5 Å². The number of hydrogen-bond donors (Lipinski definition) is 1. The average molecular weight is 243 g/mol. The fourth-order valence-electron chi connectivity index (χ4n) is 1.15. The van der Waals surface area contributed by atoms with Crippen LogP contribution in [0.5, 0.6) is 5.75 Å². The summed E-state index contributed by atoms with van der Waals surface area (Å²) >= 11 is 0. The summed E-state index contributed by atoms with van der Waals surface area (Å²) in [7, 11) is -2.95. The second kappa shape index (κ2) is 5.86. The molecule has 0 aromatic heterocycles. The second-order valence-electron chi connectivity index (χ2n) is 3.43. The quantitative estimate of drug-likeness (QED) is 0.808. The molecule has 0 saturated carbocycles. The highest BCUT2D eigenvalue weighted by Gasteiger charge is 2.06. The zero-order valence-corrected chi connectivity index (χ0v) is 10.2. The first-order chi connectivity index (χ1) is 7.57. The van der Waals surface area contributed by atoms with Crippen molar-refractivity contribution >= 4 is 9.84 Å². The SMILES string of the molecule is CCS(=O)(=O)CCOc1ccc(CN)cc1. The molecule has 1 rings (SSSR count). The molecule has 4 nitrogen and oxygen atoms in total. The molecular formula is C11H17NO3S. The van der Waals surface area contributed by atoms with Crippen LogP contribution in [0.25, 0.3) is 0 Å². The van der Waals surface area contributed by atoms with Crippen molar-refractivity contribution in [3.8, 4) is 5.75 Å². The van der Waals surface area contributed by atoms with E-state index in [1.807, 2.05) is 12.1 Å². The fraction of sp³-hybridized carbons (Fsp3) is 0.455. The van der Waals surface area contributed by atoms with Gasteiger partial charge in [-0.2, -0.15) is 0 Å². The molecule has 0 bridgehead atoms. The third-order valence-electron chi connectivity index (χ3n) is 2.26. The van der Waals surface area contributed by atoms with E-state index < -0.39 is 9.84 Å². The monoisotopic (exact) mass is 243 g/mol. The molecular weight excluding hydrogens is 226 g/mol. The van der Waals surface area contributed by atoms with Crippen molar-refractivity contribution in [1.29, 1.82) is 0 Å². The Hall–Kier alpha value is -1.07. The third kappa shape index (κ3) is 4.20. The lowest BCUT2D eigenvalue weighted by Gasteiger charge is -2.06. The van der Waals surface area contributed by atoms with Gasteiger partial charge in [-0.3, -0.25) is 0 Å². The minimum atomic E-state index is -2.95. The molecule has 0 saturated heterocycles. The second-order valence-corrected chi connectivity index (χ2v) is 5.91. The molecule has 0 amide bonds. The molecule has 1 aromatic rings. The molecule has 0 unspecified atom stereocenters. The minimum absolute atomic E-state index is 0.0577. The van der Waals surface area contributed by atoms with E-state index in [2.05, 4.69) is 0 Å². The van der Waals surface area contributed by atoms with Gasteiger partial charge in [0.2, 0.25) is 0 Å². The lowest BCUT2D eigenvalue weighted by atomic mass is 10.2. The standard InChI is InChI=1S/C11H17NO3S/c1-2-16(13,14)8-7-15-11-5-3-10(9-12)4-6-11/h3-6H,2,7-9,12H2,1H3. The lowest BCUT2D eigenvalue weighted by Crippen LogP contribution is -2.15. The van der Waals surface area contributed by atoms with Gasteiger partial charge in [0.15, 0.2) is 9.84 Å². The molecule has 0 heterocycles. The average Bonchev–Trinajstić information content (AvgIpc) is 2.30. The smallest absolute Gasteiger partial charge is 0.153 e. The Morgan fingerprint density at radius 3 is 2.38 bits per heavy atom. The van der Waals surface area contributed by atoms with E-state index in [1.165, 1.54) is 0 Å². The van der Waals surface area contributed by atoms with E-state index in [0.717, 1.165) is 5.56 Å². The van der Waals surface area contributed by atoms with Gasteiger partial charge in [-0.1, -0.05) is 19.1 Å². The number of ether oxygens (including phenoxy) is 1. The number of sulfone groups is 1. The van der Waals surface area contributed by atoms with Crippen molar-refractivity contribution < 1.29 is 13.2 Å². The van der Waals surface area contributed by atoms with Crippen LogP contribution in [0.15, 0.2) is 24.3 Å². The zero-order chi connectivity index (χ0) is 12.0. The highest BCUT2D eigenvalue weighted by Crippen LogP contribution is 2.11. The third-order valence-corrected chi connectivity index (χ3v) is 3.93. The summed E-state index contributed by atoms with van der Waals surface area (Å²) in [5, 5.41) is 0. The molecule has 2 N–H and O–H groups in total. The summed E-state index contributed by atoms with van der Waals surface area (Å²) < 4.78 is 27.7. The lowest BCUT2D eigenvalue weighted by molar-refractivity contribution is 0.341. The molecule has 0 fully saturated rings. The molecule has 0 radical (unpaired) electrons. The van der Waals surface area contributed by atoms with Crippen LogP contribution in [0.3, 0.4) is 0 Å². The normalized spacial score (nSPS) is 11.4.